The van der Waals surface area contributed by atoms with Gasteiger partial charge < -0.3 is 15.5 Å². The molecule has 1 unspecified atom stereocenters. The van der Waals surface area contributed by atoms with Crippen LogP contribution in [0, 0.1) is 5.92 Å². The number of nitrogens with one attached hydrogen (secondary N) is 2. The molecule has 2 aliphatic heterocycles. The maximum atomic E-state index is 12.0. The highest BCUT2D eigenvalue weighted by atomic mass is 16.1. The number of carbonyl (C=O) groups is 1. The molecule has 2 saturated heterocycles. The van der Waals surface area contributed by atoms with E-state index in [2.05, 4.69) is 27.7 Å². The minimum absolute atomic E-state index is 0.136. The van der Waals surface area contributed by atoms with Gasteiger partial charge in [0.05, 0.1) is 0 Å². The fourth-order valence-electron chi connectivity index (χ4n) is 3.12. The van der Waals surface area contributed by atoms with Crippen molar-refractivity contribution in [2.45, 2.75) is 25.7 Å². The predicted octanol–water partition coefficient (Wildman–Crippen LogP) is 2.22. The highest BCUT2D eigenvalue weighted by Gasteiger charge is 2.18. The molecule has 0 spiro atoms. The monoisotopic (exact) mass is 273 g/mol. The summed E-state index contributed by atoms with van der Waals surface area (Å²) in [6.45, 7) is 4.28. The molecule has 20 heavy (non-hydrogen) atoms. The molecule has 1 aromatic rings. The van der Waals surface area contributed by atoms with Gasteiger partial charge in [-0.1, -0.05) is 6.07 Å². The Hall–Kier alpha value is -1.55. The summed E-state index contributed by atoms with van der Waals surface area (Å²) in [5, 5.41) is 6.34. The summed E-state index contributed by atoms with van der Waals surface area (Å²) in [5.41, 5.74) is 2.15. The van der Waals surface area contributed by atoms with Crippen molar-refractivity contribution in [1.82, 2.24) is 5.32 Å². The van der Waals surface area contributed by atoms with Gasteiger partial charge in [0.25, 0.3) is 0 Å². The largest absolute Gasteiger partial charge is 0.371 e. The van der Waals surface area contributed by atoms with Gasteiger partial charge in [-0.15, -0.1) is 0 Å². The van der Waals surface area contributed by atoms with Crippen molar-refractivity contribution in [3.05, 3.63) is 24.3 Å². The molecule has 3 rings (SSSR count). The Labute approximate surface area is 120 Å². The van der Waals surface area contributed by atoms with Gasteiger partial charge in [0.15, 0.2) is 0 Å². The van der Waals surface area contributed by atoms with E-state index in [1.54, 1.807) is 0 Å². The fourth-order valence-corrected chi connectivity index (χ4v) is 3.12. The predicted molar refractivity (Wildman–Crippen MR) is 82.1 cm³/mol. The smallest absolute Gasteiger partial charge is 0.224 e. The molecule has 2 heterocycles. The normalized spacial score (nSPS) is 22.2. The lowest BCUT2D eigenvalue weighted by atomic mass is 10.0. The average molecular weight is 273 g/mol. The standard InChI is InChI=1S/C16H23N3O/c20-16(10-13-6-7-17-12-13)18-14-4-3-5-15(11-14)19-8-1-2-9-19/h3-5,11,13,17H,1-2,6-10,12H2,(H,18,20). The van der Waals surface area contributed by atoms with E-state index in [0.717, 1.165) is 38.3 Å². The number of amides is 1. The Morgan fingerprint density at radius 3 is 2.95 bits per heavy atom. The van der Waals surface area contributed by atoms with Crippen LogP contribution in [0.5, 0.6) is 0 Å². The summed E-state index contributed by atoms with van der Waals surface area (Å²) in [5.74, 6) is 0.633. The summed E-state index contributed by atoms with van der Waals surface area (Å²) in [4.78, 5) is 14.4. The maximum absolute atomic E-state index is 12.0. The zero-order valence-corrected chi connectivity index (χ0v) is 11.9. The first-order chi connectivity index (χ1) is 9.81. The third-order valence-corrected chi connectivity index (χ3v) is 4.24. The summed E-state index contributed by atoms with van der Waals surface area (Å²) >= 11 is 0. The molecule has 0 aromatic heterocycles. The molecule has 2 N–H and O–H groups in total. The SMILES string of the molecule is O=C(CC1CCNC1)Nc1cccc(N2CCCC2)c1. The molecule has 0 radical (unpaired) electrons. The molecule has 2 aliphatic rings. The van der Waals surface area contributed by atoms with E-state index in [1.165, 1.54) is 18.5 Å². The highest BCUT2D eigenvalue weighted by Crippen LogP contribution is 2.23. The second-order valence-corrected chi connectivity index (χ2v) is 5.86. The van der Waals surface area contributed by atoms with Gasteiger partial charge in [-0.2, -0.15) is 0 Å². The first-order valence-electron chi connectivity index (χ1n) is 7.67. The summed E-state index contributed by atoms with van der Waals surface area (Å²) in [7, 11) is 0. The Morgan fingerprint density at radius 1 is 1.35 bits per heavy atom. The number of benzene rings is 1. The van der Waals surface area contributed by atoms with Crippen LogP contribution in [0.1, 0.15) is 25.7 Å². The summed E-state index contributed by atoms with van der Waals surface area (Å²) in [6, 6.07) is 8.22. The van der Waals surface area contributed by atoms with E-state index in [0.29, 0.717) is 12.3 Å². The number of nitrogens with zero attached hydrogens (tertiary/aromatic N) is 1. The third kappa shape index (κ3) is 3.31. The molecule has 0 bridgehead atoms. The van der Waals surface area contributed by atoms with Gasteiger partial charge in [-0.25, -0.2) is 0 Å². The summed E-state index contributed by atoms with van der Waals surface area (Å²) < 4.78 is 0. The first kappa shape index (κ1) is 13.4. The van der Waals surface area contributed by atoms with Gasteiger partial charge >= 0.3 is 0 Å². The quantitative estimate of drug-likeness (QED) is 0.884. The molecule has 108 valence electrons. The van der Waals surface area contributed by atoms with Crippen molar-refractivity contribution in [2.75, 3.05) is 36.4 Å². The van der Waals surface area contributed by atoms with Gasteiger partial charge in [-0.3, -0.25) is 4.79 Å². The molecule has 0 aliphatic carbocycles. The Morgan fingerprint density at radius 2 is 2.20 bits per heavy atom. The Bertz CT molecular complexity index is 463. The van der Waals surface area contributed by atoms with Gasteiger partial charge in [-0.05, 0) is 56.5 Å². The number of rotatable bonds is 4. The zero-order valence-electron chi connectivity index (χ0n) is 11.9. The number of hydrogen-bond donors (Lipinski definition) is 2. The molecular formula is C16H23N3O. The van der Waals surface area contributed by atoms with E-state index in [-0.39, 0.29) is 5.91 Å². The van der Waals surface area contributed by atoms with Crippen molar-refractivity contribution in [3.8, 4) is 0 Å². The molecular weight excluding hydrogens is 250 g/mol. The van der Waals surface area contributed by atoms with Gasteiger partial charge in [0, 0.05) is 30.9 Å². The van der Waals surface area contributed by atoms with Crippen LogP contribution in [-0.4, -0.2) is 32.1 Å². The average Bonchev–Trinajstić information content (AvgIpc) is 3.11. The number of hydrogen-bond acceptors (Lipinski definition) is 3. The minimum atomic E-state index is 0.136. The van der Waals surface area contributed by atoms with Crippen LogP contribution in [0.15, 0.2) is 24.3 Å². The van der Waals surface area contributed by atoms with E-state index >= 15 is 0 Å². The molecule has 2 fully saturated rings. The molecule has 1 amide bonds. The molecule has 1 atom stereocenters. The lowest BCUT2D eigenvalue weighted by Gasteiger charge is -2.18. The van der Waals surface area contributed by atoms with Crippen LogP contribution >= 0.6 is 0 Å². The van der Waals surface area contributed by atoms with E-state index in [9.17, 15) is 4.79 Å². The van der Waals surface area contributed by atoms with E-state index in [1.807, 2.05) is 12.1 Å². The Balaban J connectivity index is 1.58. The second-order valence-electron chi connectivity index (χ2n) is 5.86. The van der Waals surface area contributed by atoms with Crippen molar-refractivity contribution < 1.29 is 4.79 Å². The lowest BCUT2D eigenvalue weighted by molar-refractivity contribution is -0.116. The van der Waals surface area contributed by atoms with Crippen LogP contribution < -0.4 is 15.5 Å². The van der Waals surface area contributed by atoms with Crippen molar-refractivity contribution in [3.63, 3.8) is 0 Å². The van der Waals surface area contributed by atoms with Crippen molar-refractivity contribution >= 4 is 17.3 Å². The second kappa shape index (κ2) is 6.27. The zero-order chi connectivity index (χ0) is 13.8. The van der Waals surface area contributed by atoms with Crippen LogP contribution in [0.25, 0.3) is 0 Å². The highest BCUT2D eigenvalue weighted by molar-refractivity contribution is 5.91. The number of carbonyl (C=O) groups excluding carboxylic acids is 1. The Kier molecular flexibility index (Phi) is 4.21. The summed E-state index contributed by atoms with van der Waals surface area (Å²) in [6.07, 6.45) is 4.28. The topological polar surface area (TPSA) is 44.4 Å². The third-order valence-electron chi connectivity index (χ3n) is 4.24. The molecule has 4 nitrogen and oxygen atoms in total. The van der Waals surface area contributed by atoms with Crippen LogP contribution in [-0.2, 0) is 4.79 Å². The van der Waals surface area contributed by atoms with Crippen molar-refractivity contribution in [2.24, 2.45) is 5.92 Å². The van der Waals surface area contributed by atoms with E-state index < -0.39 is 0 Å². The van der Waals surface area contributed by atoms with Gasteiger partial charge in [0.2, 0.25) is 5.91 Å². The van der Waals surface area contributed by atoms with E-state index in [4.69, 9.17) is 0 Å². The van der Waals surface area contributed by atoms with Crippen LogP contribution in [0.4, 0.5) is 11.4 Å². The molecule has 1 aromatic carbocycles. The van der Waals surface area contributed by atoms with Crippen molar-refractivity contribution in [1.29, 1.82) is 0 Å². The molecule has 4 heteroatoms. The number of anilines is 2. The van der Waals surface area contributed by atoms with Crippen LogP contribution in [0.2, 0.25) is 0 Å². The maximum Gasteiger partial charge on any atom is 0.224 e. The fraction of sp³-hybridized carbons (Fsp3) is 0.562. The lowest BCUT2D eigenvalue weighted by Crippen LogP contribution is -2.19. The minimum Gasteiger partial charge on any atom is -0.371 e. The molecule has 0 saturated carbocycles. The van der Waals surface area contributed by atoms with Gasteiger partial charge in [0.1, 0.15) is 0 Å². The first-order valence-corrected chi connectivity index (χ1v) is 7.67. The van der Waals surface area contributed by atoms with Crippen LogP contribution in [0.3, 0.4) is 0 Å².